The molecule has 1 aliphatic rings. The number of aryl methyl sites for hydroxylation is 2. The van der Waals surface area contributed by atoms with Gasteiger partial charge in [-0.15, -0.1) is 0 Å². The average molecular weight is 527 g/mol. The Kier molecular flexibility index (Phi) is 6.41. The van der Waals surface area contributed by atoms with Gasteiger partial charge < -0.3 is 30.6 Å². The second-order valence-corrected chi connectivity index (χ2v) is 9.45. The largest absolute Gasteiger partial charge is 0.378 e. The highest BCUT2D eigenvalue weighted by Crippen LogP contribution is 2.29. The van der Waals surface area contributed by atoms with E-state index >= 15 is 0 Å². The van der Waals surface area contributed by atoms with Crippen LogP contribution < -0.4 is 20.9 Å². The third-order valence-corrected chi connectivity index (χ3v) is 6.54. The number of anilines is 5. The Balaban J connectivity index is 1.25. The number of hydrogen-bond acceptors (Lipinski definition) is 7. The number of para-hydroxylation sites is 1. The number of aromatic nitrogens is 4. The molecule has 1 aliphatic heterocycles. The Hall–Kier alpha value is -4.77. The number of carbonyl (C=O) groups is 1. The molecule has 198 valence electrons. The molecular formula is C28H27FN8O2. The summed E-state index contributed by atoms with van der Waals surface area (Å²) in [5.41, 5.74) is 5.40. The zero-order chi connectivity index (χ0) is 26.9. The first-order valence-electron chi connectivity index (χ1n) is 12.6. The quantitative estimate of drug-likeness (QED) is 0.239. The van der Waals surface area contributed by atoms with E-state index < -0.39 is 11.8 Å². The van der Waals surface area contributed by atoms with Crippen LogP contribution in [0.2, 0.25) is 0 Å². The molecular weight excluding hydrogens is 499 g/mol. The molecule has 0 aliphatic carbocycles. The first-order chi connectivity index (χ1) is 18.9. The van der Waals surface area contributed by atoms with Crippen molar-refractivity contribution in [2.24, 2.45) is 0 Å². The normalized spacial score (nSPS) is 13.6. The van der Waals surface area contributed by atoms with Gasteiger partial charge in [0.15, 0.2) is 0 Å². The number of fused-ring (bicyclic) bond motifs is 2. The molecule has 2 aromatic heterocycles. The predicted octanol–water partition coefficient (Wildman–Crippen LogP) is 5.49. The summed E-state index contributed by atoms with van der Waals surface area (Å²) in [4.78, 5) is 31.9. The molecule has 39 heavy (non-hydrogen) atoms. The Labute approximate surface area is 223 Å². The number of halogens is 1. The van der Waals surface area contributed by atoms with Crippen LogP contribution in [0.3, 0.4) is 0 Å². The van der Waals surface area contributed by atoms with E-state index in [0.717, 1.165) is 22.0 Å². The molecule has 2 amide bonds. The topological polar surface area (TPSA) is 120 Å². The van der Waals surface area contributed by atoms with Crippen molar-refractivity contribution in [3.63, 3.8) is 0 Å². The number of urea groups is 1. The monoisotopic (exact) mass is 526 g/mol. The van der Waals surface area contributed by atoms with Crippen LogP contribution in [0.25, 0.3) is 21.9 Å². The standard InChI is InChI=1S/C28H27FN8O2/c1-16-4-3-5-18-15-30-27(36-25(16)18)33-21-13-23-26(32-17(2)31-23)24(14-21)35-28(38)34-20-10-19(29)11-22(12-20)37-6-8-39-9-7-37/h3-5,10-15H,6-9H2,1-2H3,(H,31,32)(H,30,33,36)(H2,34,35,38). The van der Waals surface area contributed by atoms with Crippen LogP contribution in [-0.4, -0.2) is 52.3 Å². The maximum Gasteiger partial charge on any atom is 0.323 e. The third kappa shape index (κ3) is 5.30. The summed E-state index contributed by atoms with van der Waals surface area (Å²) >= 11 is 0. The molecule has 10 nitrogen and oxygen atoms in total. The number of amides is 2. The molecule has 3 aromatic carbocycles. The molecule has 0 saturated carbocycles. The van der Waals surface area contributed by atoms with E-state index in [2.05, 4.69) is 35.9 Å². The highest BCUT2D eigenvalue weighted by molar-refractivity contribution is 6.06. The number of H-pyrrole nitrogens is 1. The fourth-order valence-electron chi connectivity index (χ4n) is 4.74. The molecule has 6 rings (SSSR count). The Morgan fingerprint density at radius 3 is 2.69 bits per heavy atom. The van der Waals surface area contributed by atoms with Gasteiger partial charge in [0.2, 0.25) is 5.95 Å². The summed E-state index contributed by atoms with van der Waals surface area (Å²) in [5.74, 6) is 0.693. The predicted molar refractivity (Wildman–Crippen MR) is 150 cm³/mol. The number of benzene rings is 3. The van der Waals surface area contributed by atoms with E-state index in [1.165, 1.54) is 12.1 Å². The minimum absolute atomic E-state index is 0.345. The van der Waals surface area contributed by atoms with Crippen molar-refractivity contribution in [2.75, 3.05) is 47.2 Å². The second kappa shape index (κ2) is 10.2. The van der Waals surface area contributed by atoms with Crippen molar-refractivity contribution in [2.45, 2.75) is 13.8 Å². The number of hydrogen-bond donors (Lipinski definition) is 4. The van der Waals surface area contributed by atoms with Gasteiger partial charge in [-0.3, -0.25) is 0 Å². The lowest BCUT2D eigenvalue weighted by molar-refractivity contribution is 0.122. The van der Waals surface area contributed by atoms with Crippen LogP contribution in [0.1, 0.15) is 11.4 Å². The van der Waals surface area contributed by atoms with Gasteiger partial charge in [-0.1, -0.05) is 18.2 Å². The van der Waals surface area contributed by atoms with Crippen molar-refractivity contribution in [3.05, 3.63) is 71.9 Å². The van der Waals surface area contributed by atoms with E-state index in [0.29, 0.717) is 66.3 Å². The van der Waals surface area contributed by atoms with E-state index in [4.69, 9.17) is 4.74 Å². The van der Waals surface area contributed by atoms with Crippen molar-refractivity contribution in [1.29, 1.82) is 0 Å². The van der Waals surface area contributed by atoms with Crippen molar-refractivity contribution < 1.29 is 13.9 Å². The number of carbonyl (C=O) groups excluding carboxylic acids is 1. The lowest BCUT2D eigenvalue weighted by Crippen LogP contribution is -2.36. The van der Waals surface area contributed by atoms with Crippen molar-refractivity contribution in [3.8, 4) is 0 Å². The highest BCUT2D eigenvalue weighted by atomic mass is 19.1. The van der Waals surface area contributed by atoms with Crippen molar-refractivity contribution >= 4 is 56.7 Å². The van der Waals surface area contributed by atoms with Gasteiger partial charge in [-0.2, -0.15) is 0 Å². The molecule has 3 heterocycles. The molecule has 0 unspecified atom stereocenters. The summed E-state index contributed by atoms with van der Waals surface area (Å²) in [5, 5.41) is 9.79. The van der Waals surface area contributed by atoms with Gasteiger partial charge in [0.25, 0.3) is 0 Å². The molecule has 1 saturated heterocycles. The highest BCUT2D eigenvalue weighted by Gasteiger charge is 2.16. The van der Waals surface area contributed by atoms with Crippen LogP contribution in [0.5, 0.6) is 0 Å². The zero-order valence-electron chi connectivity index (χ0n) is 21.5. The van der Waals surface area contributed by atoms with Gasteiger partial charge in [-0.25, -0.2) is 24.1 Å². The van der Waals surface area contributed by atoms with Gasteiger partial charge in [-0.05, 0) is 49.7 Å². The second-order valence-electron chi connectivity index (χ2n) is 9.45. The number of ether oxygens (including phenoxy) is 1. The molecule has 5 aromatic rings. The summed E-state index contributed by atoms with van der Waals surface area (Å²) < 4.78 is 19.8. The molecule has 4 N–H and O–H groups in total. The molecule has 1 fully saturated rings. The first kappa shape index (κ1) is 24.6. The summed E-state index contributed by atoms with van der Waals surface area (Å²) in [6, 6.07) is 13.5. The van der Waals surface area contributed by atoms with Crippen LogP contribution in [0.15, 0.2) is 54.7 Å². The minimum atomic E-state index is -0.523. The molecule has 11 heteroatoms. The SMILES string of the molecule is Cc1nc2c(NC(=O)Nc3cc(F)cc(N4CCOCC4)c3)cc(Nc3ncc4cccc(C)c4n3)cc2[nH]1. The van der Waals surface area contributed by atoms with Crippen LogP contribution in [0, 0.1) is 19.7 Å². The molecule has 0 atom stereocenters. The van der Waals surface area contributed by atoms with E-state index in [1.807, 2.05) is 43.0 Å². The Bertz CT molecular complexity index is 1700. The minimum Gasteiger partial charge on any atom is -0.378 e. The number of aromatic amines is 1. The van der Waals surface area contributed by atoms with E-state index in [9.17, 15) is 9.18 Å². The van der Waals surface area contributed by atoms with Gasteiger partial charge in [0, 0.05) is 41.7 Å². The average Bonchev–Trinajstić information content (AvgIpc) is 3.30. The van der Waals surface area contributed by atoms with Crippen LogP contribution >= 0.6 is 0 Å². The van der Waals surface area contributed by atoms with Gasteiger partial charge in [0.05, 0.1) is 29.9 Å². The third-order valence-electron chi connectivity index (χ3n) is 6.54. The van der Waals surface area contributed by atoms with Gasteiger partial charge >= 0.3 is 6.03 Å². The first-order valence-corrected chi connectivity index (χ1v) is 12.6. The Morgan fingerprint density at radius 2 is 1.85 bits per heavy atom. The number of rotatable bonds is 5. The Morgan fingerprint density at radius 1 is 1.00 bits per heavy atom. The number of imidazole rings is 1. The number of nitrogens with zero attached hydrogens (tertiary/aromatic N) is 4. The van der Waals surface area contributed by atoms with E-state index in [-0.39, 0.29) is 0 Å². The maximum atomic E-state index is 14.4. The fourth-order valence-corrected chi connectivity index (χ4v) is 4.74. The number of nitrogens with one attached hydrogen (secondary N) is 4. The van der Waals surface area contributed by atoms with Crippen LogP contribution in [-0.2, 0) is 4.74 Å². The summed E-state index contributed by atoms with van der Waals surface area (Å²) in [7, 11) is 0. The number of morpholine rings is 1. The molecule has 0 radical (unpaired) electrons. The van der Waals surface area contributed by atoms with Crippen molar-refractivity contribution in [1.82, 2.24) is 19.9 Å². The van der Waals surface area contributed by atoms with Crippen LogP contribution in [0.4, 0.5) is 37.9 Å². The zero-order valence-corrected chi connectivity index (χ0v) is 21.5. The molecule has 0 bridgehead atoms. The van der Waals surface area contributed by atoms with Gasteiger partial charge in [0.1, 0.15) is 17.2 Å². The van der Waals surface area contributed by atoms with E-state index in [1.54, 1.807) is 18.3 Å². The maximum absolute atomic E-state index is 14.4. The smallest absolute Gasteiger partial charge is 0.323 e. The summed E-state index contributed by atoms with van der Waals surface area (Å²) in [6.45, 7) is 6.31. The lowest BCUT2D eigenvalue weighted by Gasteiger charge is -2.29. The lowest BCUT2D eigenvalue weighted by atomic mass is 10.1. The fraction of sp³-hybridized carbons (Fsp3) is 0.214. The molecule has 0 spiro atoms. The summed E-state index contributed by atoms with van der Waals surface area (Å²) in [6.07, 6.45) is 1.77.